The molecule has 0 saturated carbocycles. The van der Waals surface area contributed by atoms with Crippen molar-refractivity contribution in [2.24, 2.45) is 0 Å². The highest BCUT2D eigenvalue weighted by molar-refractivity contribution is 5.99. The van der Waals surface area contributed by atoms with Gasteiger partial charge in [0.05, 0.1) is 20.8 Å². The Hall–Kier alpha value is -4.79. The Kier molecular flexibility index (Phi) is 7.33. The average Bonchev–Trinajstić information content (AvgIpc) is 3.43. The molecule has 1 aliphatic carbocycles. The lowest BCUT2D eigenvalue weighted by molar-refractivity contribution is -0.116. The van der Waals surface area contributed by atoms with E-state index in [9.17, 15) is 4.79 Å². The van der Waals surface area contributed by atoms with Gasteiger partial charge in [-0.15, -0.1) is 5.10 Å². The van der Waals surface area contributed by atoms with E-state index >= 15 is 0 Å². The van der Waals surface area contributed by atoms with Crippen LogP contribution in [0, 0.1) is 0 Å². The maximum atomic E-state index is 13.3. The van der Waals surface area contributed by atoms with Crippen molar-refractivity contribution in [3.8, 4) is 34.4 Å². The highest BCUT2D eigenvalue weighted by Crippen LogP contribution is 2.43. The second-order valence-electron chi connectivity index (χ2n) is 9.88. The minimum Gasteiger partial charge on any atom is -0.493 e. The summed E-state index contributed by atoms with van der Waals surface area (Å²) < 4.78 is 24.8. The van der Waals surface area contributed by atoms with Crippen LogP contribution in [0.5, 0.6) is 23.0 Å². The van der Waals surface area contributed by atoms with E-state index in [4.69, 9.17) is 29.0 Å². The Morgan fingerprint density at radius 1 is 0.902 bits per heavy atom. The Morgan fingerprint density at radius 2 is 1.71 bits per heavy atom. The minimum absolute atomic E-state index is 0.111. The molecule has 9 nitrogen and oxygen atoms in total. The molecule has 2 heterocycles. The minimum atomic E-state index is -0.460. The fourth-order valence-electron chi connectivity index (χ4n) is 5.38. The average molecular weight is 553 g/mol. The van der Waals surface area contributed by atoms with Crippen LogP contribution in [0.2, 0.25) is 0 Å². The number of carbonyl (C=O) groups excluding carboxylic acids is 1. The molecule has 0 fully saturated rings. The number of hydrogen-bond acceptors (Lipinski definition) is 8. The Bertz CT molecular complexity index is 1610. The number of allylic oxidation sites excluding steroid dienone is 2. The molecule has 2 aliphatic rings. The lowest BCUT2D eigenvalue weighted by Crippen LogP contribution is -2.31. The third kappa shape index (κ3) is 5.11. The normalized spacial score (nSPS) is 16.0. The number of anilines is 1. The molecule has 1 N–H and O–H groups in total. The molecule has 1 aromatic heterocycles. The molecular weight excluding hydrogens is 520 g/mol. The third-order valence-electron chi connectivity index (χ3n) is 7.33. The van der Waals surface area contributed by atoms with Gasteiger partial charge in [0.25, 0.3) is 0 Å². The van der Waals surface area contributed by atoms with Gasteiger partial charge in [-0.25, -0.2) is 4.68 Å². The first-order valence-electron chi connectivity index (χ1n) is 13.7. The van der Waals surface area contributed by atoms with Crippen LogP contribution in [-0.4, -0.2) is 41.4 Å². The molecule has 41 heavy (non-hydrogen) atoms. The van der Waals surface area contributed by atoms with Crippen LogP contribution in [0.4, 0.5) is 5.95 Å². The van der Waals surface area contributed by atoms with Crippen molar-refractivity contribution in [3.63, 3.8) is 0 Å². The van der Waals surface area contributed by atoms with Crippen molar-refractivity contribution in [2.75, 3.05) is 26.1 Å². The van der Waals surface area contributed by atoms with Crippen molar-refractivity contribution in [3.05, 3.63) is 89.1 Å². The number of nitrogens with zero attached hydrogens (tertiary/aromatic N) is 3. The van der Waals surface area contributed by atoms with Gasteiger partial charge in [-0.1, -0.05) is 36.4 Å². The number of hydrogen-bond donors (Lipinski definition) is 1. The highest BCUT2D eigenvalue weighted by atomic mass is 16.5. The standard InChI is InChI=1S/C32H32N4O5/c1-4-40-28-17-21(13-16-26(28)41-19-20-9-6-5-7-10-20)30-29-23(11-8-12-24(29)37)33-32-34-31(35-36(30)32)22-14-15-25(38-2)27(18-22)39-3/h5-7,9-10,13-18,30H,4,8,11-12,19H2,1-3H3,(H,33,34,35). The summed E-state index contributed by atoms with van der Waals surface area (Å²) in [5, 5.41) is 8.29. The van der Waals surface area contributed by atoms with Crippen molar-refractivity contribution >= 4 is 11.7 Å². The van der Waals surface area contributed by atoms with Gasteiger partial charge in [0.2, 0.25) is 5.95 Å². The van der Waals surface area contributed by atoms with Crippen LogP contribution in [0.1, 0.15) is 43.4 Å². The SMILES string of the molecule is CCOc1cc(C2C3=C(CCCC3=O)Nc3nc(-c4ccc(OC)c(OC)c4)nn32)ccc1OCc1ccccc1. The first-order chi connectivity index (χ1) is 20.1. The molecule has 210 valence electrons. The maximum absolute atomic E-state index is 13.3. The maximum Gasteiger partial charge on any atom is 0.226 e. The van der Waals surface area contributed by atoms with Crippen molar-refractivity contribution in [1.82, 2.24) is 14.8 Å². The van der Waals surface area contributed by atoms with Gasteiger partial charge in [0.15, 0.2) is 34.6 Å². The van der Waals surface area contributed by atoms with Crippen LogP contribution >= 0.6 is 0 Å². The smallest absolute Gasteiger partial charge is 0.226 e. The largest absolute Gasteiger partial charge is 0.493 e. The monoisotopic (exact) mass is 552 g/mol. The summed E-state index contributed by atoms with van der Waals surface area (Å²) >= 11 is 0. The second-order valence-corrected chi connectivity index (χ2v) is 9.88. The van der Waals surface area contributed by atoms with E-state index in [0.29, 0.717) is 60.0 Å². The number of carbonyl (C=O) groups is 1. The van der Waals surface area contributed by atoms with Crippen molar-refractivity contribution in [1.29, 1.82) is 0 Å². The molecule has 1 atom stereocenters. The van der Waals surface area contributed by atoms with Gasteiger partial charge in [-0.3, -0.25) is 4.79 Å². The Morgan fingerprint density at radius 3 is 2.49 bits per heavy atom. The molecular formula is C32H32N4O5. The number of aromatic nitrogens is 3. The number of nitrogens with one attached hydrogen (secondary N) is 1. The number of ether oxygens (including phenoxy) is 4. The van der Waals surface area contributed by atoms with Crippen LogP contribution in [0.25, 0.3) is 11.4 Å². The number of Topliss-reactive ketones (excluding diaryl/α,β-unsaturated/α-hetero) is 1. The molecule has 0 radical (unpaired) electrons. The highest BCUT2D eigenvalue weighted by Gasteiger charge is 2.37. The van der Waals surface area contributed by atoms with Gasteiger partial charge in [-0.2, -0.15) is 4.98 Å². The summed E-state index contributed by atoms with van der Waals surface area (Å²) in [5.74, 6) is 3.67. The topological polar surface area (TPSA) is 96.7 Å². The molecule has 0 saturated heterocycles. The van der Waals surface area contributed by atoms with E-state index in [1.807, 2.05) is 73.7 Å². The zero-order valence-electron chi connectivity index (χ0n) is 23.3. The fraction of sp³-hybridized carbons (Fsp3) is 0.281. The number of ketones is 1. The lowest BCUT2D eigenvalue weighted by atomic mass is 9.85. The van der Waals surface area contributed by atoms with Crippen LogP contribution in [-0.2, 0) is 11.4 Å². The van der Waals surface area contributed by atoms with Crippen LogP contribution < -0.4 is 24.3 Å². The summed E-state index contributed by atoms with van der Waals surface area (Å²) in [4.78, 5) is 18.2. The first kappa shape index (κ1) is 26.4. The van der Waals surface area contributed by atoms with Gasteiger partial charge in [0, 0.05) is 23.3 Å². The van der Waals surface area contributed by atoms with Crippen LogP contribution in [0.3, 0.4) is 0 Å². The van der Waals surface area contributed by atoms with Gasteiger partial charge in [0.1, 0.15) is 12.6 Å². The number of benzene rings is 3. The predicted octanol–water partition coefficient (Wildman–Crippen LogP) is 5.96. The zero-order chi connectivity index (χ0) is 28.3. The van der Waals surface area contributed by atoms with E-state index in [1.165, 1.54) is 0 Å². The van der Waals surface area contributed by atoms with Gasteiger partial charge in [-0.05, 0) is 61.2 Å². The number of methoxy groups -OCH3 is 2. The molecule has 0 spiro atoms. The first-order valence-corrected chi connectivity index (χ1v) is 13.7. The summed E-state index contributed by atoms with van der Waals surface area (Å²) in [6.45, 7) is 2.83. The van der Waals surface area contributed by atoms with Crippen molar-refractivity contribution in [2.45, 2.75) is 38.8 Å². The molecule has 1 aliphatic heterocycles. The van der Waals surface area contributed by atoms with Gasteiger partial charge < -0.3 is 24.3 Å². The lowest BCUT2D eigenvalue weighted by Gasteiger charge is -2.32. The van der Waals surface area contributed by atoms with Crippen molar-refractivity contribution < 1.29 is 23.7 Å². The summed E-state index contributed by atoms with van der Waals surface area (Å²) in [6, 6.07) is 20.9. The van der Waals surface area contributed by atoms with E-state index in [2.05, 4.69) is 5.32 Å². The van der Waals surface area contributed by atoms with E-state index < -0.39 is 6.04 Å². The zero-order valence-corrected chi connectivity index (χ0v) is 23.3. The summed E-state index contributed by atoms with van der Waals surface area (Å²) in [7, 11) is 3.19. The van der Waals surface area contributed by atoms with Crippen LogP contribution in [0.15, 0.2) is 78.0 Å². The number of fused-ring (bicyclic) bond motifs is 1. The second kappa shape index (κ2) is 11.4. The number of rotatable bonds is 9. The molecule has 0 amide bonds. The summed E-state index contributed by atoms with van der Waals surface area (Å²) in [6.07, 6.45) is 2.07. The van der Waals surface area contributed by atoms with Gasteiger partial charge >= 0.3 is 0 Å². The Balaban J connectivity index is 1.41. The van der Waals surface area contributed by atoms with E-state index in [0.717, 1.165) is 35.2 Å². The van der Waals surface area contributed by atoms with E-state index in [1.54, 1.807) is 18.9 Å². The summed E-state index contributed by atoms with van der Waals surface area (Å²) in [5.41, 5.74) is 4.32. The quantitative estimate of drug-likeness (QED) is 0.272. The molecule has 3 aromatic carbocycles. The molecule has 4 aromatic rings. The molecule has 6 rings (SSSR count). The van der Waals surface area contributed by atoms with E-state index in [-0.39, 0.29) is 5.78 Å². The molecule has 9 heteroatoms. The predicted molar refractivity (Wildman–Crippen MR) is 155 cm³/mol. The molecule has 0 bridgehead atoms. The Labute approximate surface area is 238 Å². The molecule has 1 unspecified atom stereocenters. The fourth-order valence-corrected chi connectivity index (χ4v) is 5.38. The third-order valence-corrected chi connectivity index (χ3v) is 7.33.